The van der Waals surface area contributed by atoms with Crippen LogP contribution in [0.2, 0.25) is 0 Å². The van der Waals surface area contributed by atoms with Crippen LogP contribution in [0.25, 0.3) is 0 Å². The molecule has 14 heavy (non-hydrogen) atoms. The van der Waals surface area contributed by atoms with Crippen LogP contribution in [-0.2, 0) is 24.2 Å². The zero-order valence-electron chi connectivity index (χ0n) is 7.34. The topological polar surface area (TPSA) is 101 Å². The number of imide groups is 1. The van der Waals surface area contributed by atoms with E-state index >= 15 is 0 Å². The molecular formula is C6H9NO6S. The summed E-state index contributed by atoms with van der Waals surface area (Å²) in [6, 6.07) is 0. The predicted octanol–water partition coefficient (Wildman–Crippen LogP) is -1.05. The standard InChI is InChI=1S/C6H9NO6S/c1-7-5(8)3-2-4(6(7)9)13-14(10,11)12/h4H,2-3H2,1H3,(H,10,11,12). The van der Waals surface area contributed by atoms with E-state index in [-0.39, 0.29) is 12.8 Å². The Morgan fingerprint density at radius 1 is 1.50 bits per heavy atom. The van der Waals surface area contributed by atoms with Crippen molar-refractivity contribution >= 4 is 22.2 Å². The minimum atomic E-state index is -4.66. The molecular weight excluding hydrogens is 214 g/mol. The van der Waals surface area contributed by atoms with Crippen molar-refractivity contribution < 1.29 is 26.7 Å². The molecule has 1 aliphatic heterocycles. The first kappa shape index (κ1) is 11.1. The maximum atomic E-state index is 11.2. The molecule has 1 saturated heterocycles. The molecule has 0 saturated carbocycles. The number of rotatable bonds is 2. The van der Waals surface area contributed by atoms with Crippen molar-refractivity contribution in [3.05, 3.63) is 0 Å². The highest BCUT2D eigenvalue weighted by Gasteiger charge is 2.35. The molecule has 0 bridgehead atoms. The molecule has 0 spiro atoms. The maximum absolute atomic E-state index is 11.2. The quantitative estimate of drug-likeness (QED) is 0.473. The first-order valence-electron chi connectivity index (χ1n) is 3.77. The molecule has 0 aliphatic carbocycles. The first-order chi connectivity index (χ1) is 6.31. The molecule has 7 nitrogen and oxygen atoms in total. The summed E-state index contributed by atoms with van der Waals surface area (Å²) in [5.74, 6) is -1.16. The van der Waals surface area contributed by atoms with Gasteiger partial charge in [0.15, 0.2) is 6.10 Å². The van der Waals surface area contributed by atoms with Gasteiger partial charge in [-0.1, -0.05) is 0 Å². The monoisotopic (exact) mass is 223 g/mol. The fourth-order valence-corrected chi connectivity index (χ4v) is 1.59. The van der Waals surface area contributed by atoms with Crippen LogP contribution >= 0.6 is 0 Å². The van der Waals surface area contributed by atoms with Gasteiger partial charge in [0.2, 0.25) is 5.91 Å². The van der Waals surface area contributed by atoms with Crippen LogP contribution in [0.15, 0.2) is 0 Å². The van der Waals surface area contributed by atoms with Crippen molar-refractivity contribution in [3.8, 4) is 0 Å². The van der Waals surface area contributed by atoms with Gasteiger partial charge in [0.25, 0.3) is 5.91 Å². The van der Waals surface area contributed by atoms with E-state index in [1.54, 1.807) is 0 Å². The number of likely N-dealkylation sites (N-methyl/N-ethyl adjacent to an activating group) is 1. The third-order valence-corrected chi connectivity index (χ3v) is 2.31. The summed E-state index contributed by atoms with van der Waals surface area (Å²) in [5, 5.41) is 0. The molecule has 8 heteroatoms. The Morgan fingerprint density at radius 2 is 2.07 bits per heavy atom. The third-order valence-electron chi connectivity index (χ3n) is 1.84. The molecule has 80 valence electrons. The lowest BCUT2D eigenvalue weighted by atomic mass is 10.1. The van der Waals surface area contributed by atoms with Crippen molar-refractivity contribution in [2.24, 2.45) is 0 Å². The van der Waals surface area contributed by atoms with E-state index in [1.165, 1.54) is 7.05 Å². The van der Waals surface area contributed by atoms with Gasteiger partial charge in [0.1, 0.15) is 0 Å². The molecule has 1 fully saturated rings. The smallest absolute Gasteiger partial charge is 0.283 e. The number of amides is 2. The fourth-order valence-electron chi connectivity index (χ4n) is 1.12. The van der Waals surface area contributed by atoms with Crippen LogP contribution in [-0.4, -0.2) is 42.8 Å². The molecule has 2 amide bonds. The largest absolute Gasteiger partial charge is 0.398 e. The van der Waals surface area contributed by atoms with E-state index < -0.39 is 28.3 Å². The Balaban J connectivity index is 2.74. The molecule has 0 aromatic rings. The summed E-state index contributed by atoms with van der Waals surface area (Å²) in [6.07, 6.45) is -1.32. The SMILES string of the molecule is CN1C(=O)CCC(OS(=O)(=O)O)C1=O. The molecule has 0 radical (unpaired) electrons. The third kappa shape index (κ3) is 2.50. The van der Waals surface area contributed by atoms with E-state index in [1.807, 2.05) is 0 Å². The van der Waals surface area contributed by atoms with E-state index in [9.17, 15) is 18.0 Å². The summed E-state index contributed by atoms with van der Waals surface area (Å²) < 4.78 is 33.0. The number of carbonyl (C=O) groups excluding carboxylic acids is 2. The van der Waals surface area contributed by atoms with Gasteiger partial charge in [-0.2, -0.15) is 8.42 Å². The fraction of sp³-hybridized carbons (Fsp3) is 0.667. The molecule has 1 rings (SSSR count). The highest BCUT2D eigenvalue weighted by molar-refractivity contribution is 7.80. The van der Waals surface area contributed by atoms with Crippen molar-refractivity contribution in [1.82, 2.24) is 4.90 Å². The van der Waals surface area contributed by atoms with Crippen molar-refractivity contribution in [1.29, 1.82) is 0 Å². The maximum Gasteiger partial charge on any atom is 0.398 e. The number of hydrogen-bond donors (Lipinski definition) is 1. The van der Waals surface area contributed by atoms with Crippen LogP contribution in [0.3, 0.4) is 0 Å². The number of likely N-dealkylation sites (tertiary alicyclic amines) is 1. The van der Waals surface area contributed by atoms with Gasteiger partial charge < -0.3 is 0 Å². The van der Waals surface area contributed by atoms with Crippen molar-refractivity contribution in [2.75, 3.05) is 7.05 Å². The second-order valence-electron chi connectivity index (χ2n) is 2.84. The van der Waals surface area contributed by atoms with Gasteiger partial charge in [-0.05, 0) is 6.42 Å². The van der Waals surface area contributed by atoms with Crippen LogP contribution < -0.4 is 0 Å². The molecule has 0 aromatic heterocycles. The van der Waals surface area contributed by atoms with E-state index in [2.05, 4.69) is 4.18 Å². The molecule has 1 N–H and O–H groups in total. The number of nitrogens with zero attached hydrogens (tertiary/aromatic N) is 1. The highest BCUT2D eigenvalue weighted by atomic mass is 32.3. The average molecular weight is 223 g/mol. The van der Waals surface area contributed by atoms with E-state index in [0.717, 1.165) is 4.90 Å². The Bertz CT molecular complexity index is 361. The van der Waals surface area contributed by atoms with Gasteiger partial charge in [-0.25, -0.2) is 4.18 Å². The minimum Gasteiger partial charge on any atom is -0.283 e. The lowest BCUT2D eigenvalue weighted by Crippen LogP contribution is -2.46. The number of hydrogen-bond acceptors (Lipinski definition) is 5. The van der Waals surface area contributed by atoms with Gasteiger partial charge in [-0.3, -0.25) is 19.0 Å². The summed E-state index contributed by atoms with van der Waals surface area (Å²) in [5.41, 5.74) is 0. The van der Waals surface area contributed by atoms with Gasteiger partial charge >= 0.3 is 10.4 Å². The summed E-state index contributed by atoms with van der Waals surface area (Å²) in [7, 11) is -3.43. The predicted molar refractivity (Wildman–Crippen MR) is 43.4 cm³/mol. The Kier molecular flexibility index (Phi) is 2.88. The summed E-state index contributed by atoms with van der Waals surface area (Å²) in [4.78, 5) is 22.9. The second-order valence-corrected chi connectivity index (χ2v) is 3.89. The van der Waals surface area contributed by atoms with Gasteiger partial charge in [0, 0.05) is 13.5 Å². The molecule has 1 atom stereocenters. The van der Waals surface area contributed by atoms with E-state index in [0.29, 0.717) is 0 Å². The summed E-state index contributed by atoms with van der Waals surface area (Å²) in [6.45, 7) is 0. The summed E-state index contributed by atoms with van der Waals surface area (Å²) >= 11 is 0. The normalized spacial score (nSPS) is 24.1. The number of piperidine rings is 1. The van der Waals surface area contributed by atoms with Gasteiger partial charge in [-0.15, -0.1) is 0 Å². The molecule has 0 aromatic carbocycles. The number of carbonyl (C=O) groups is 2. The molecule has 1 heterocycles. The van der Waals surface area contributed by atoms with Crippen molar-refractivity contribution in [3.63, 3.8) is 0 Å². The Hall–Kier alpha value is -0.990. The zero-order valence-corrected chi connectivity index (χ0v) is 8.15. The Labute approximate surface area is 80.6 Å². The molecule has 1 unspecified atom stereocenters. The lowest BCUT2D eigenvalue weighted by molar-refractivity contribution is -0.152. The van der Waals surface area contributed by atoms with E-state index in [4.69, 9.17) is 4.55 Å². The minimum absolute atomic E-state index is 0.0163. The lowest BCUT2D eigenvalue weighted by Gasteiger charge is -2.25. The average Bonchev–Trinajstić information content (AvgIpc) is 2.04. The first-order valence-corrected chi connectivity index (χ1v) is 5.14. The highest BCUT2D eigenvalue weighted by Crippen LogP contribution is 2.15. The van der Waals surface area contributed by atoms with Gasteiger partial charge in [0.05, 0.1) is 0 Å². The van der Waals surface area contributed by atoms with Crippen LogP contribution in [0.4, 0.5) is 0 Å². The van der Waals surface area contributed by atoms with Crippen LogP contribution in [0.1, 0.15) is 12.8 Å². The second kappa shape index (κ2) is 3.64. The van der Waals surface area contributed by atoms with Crippen molar-refractivity contribution in [2.45, 2.75) is 18.9 Å². The van der Waals surface area contributed by atoms with Crippen LogP contribution in [0.5, 0.6) is 0 Å². The molecule has 1 aliphatic rings. The Morgan fingerprint density at radius 3 is 2.57 bits per heavy atom. The van der Waals surface area contributed by atoms with Crippen LogP contribution in [0, 0.1) is 0 Å². The zero-order chi connectivity index (χ0) is 10.9.